The largest absolute Gasteiger partial charge is 0.399 e. The highest BCUT2D eigenvalue weighted by Crippen LogP contribution is 2.13. The van der Waals surface area contributed by atoms with Crippen LogP contribution in [0, 0.1) is 5.92 Å². The maximum absolute atomic E-state index is 5.79. The van der Waals surface area contributed by atoms with Crippen LogP contribution in [0.4, 0.5) is 5.69 Å². The van der Waals surface area contributed by atoms with Crippen LogP contribution in [-0.4, -0.2) is 13.2 Å². The Hall–Kier alpha value is -1.02. The second-order valence-electron chi connectivity index (χ2n) is 4.98. The summed E-state index contributed by atoms with van der Waals surface area (Å²) in [5, 5.41) is 0. The number of benzene rings is 1. The van der Waals surface area contributed by atoms with E-state index in [1.165, 1.54) is 31.2 Å². The monoisotopic (exact) mass is 249 g/mol. The van der Waals surface area contributed by atoms with Gasteiger partial charge in [0.25, 0.3) is 0 Å². The van der Waals surface area contributed by atoms with Crippen molar-refractivity contribution >= 4 is 5.69 Å². The van der Waals surface area contributed by atoms with Crippen molar-refractivity contribution in [2.24, 2.45) is 5.92 Å². The number of rotatable bonds is 9. The molecule has 2 N–H and O–H groups in total. The molecule has 0 saturated carbocycles. The van der Waals surface area contributed by atoms with Gasteiger partial charge in [-0.25, -0.2) is 0 Å². The maximum Gasteiger partial charge on any atom is 0.0506 e. The SMILES string of the molecule is CCCCC(CC)COCCc1ccc(N)cc1. The van der Waals surface area contributed by atoms with Crippen LogP contribution in [-0.2, 0) is 11.2 Å². The van der Waals surface area contributed by atoms with Crippen molar-refractivity contribution in [3.8, 4) is 0 Å². The molecule has 2 nitrogen and oxygen atoms in total. The minimum absolute atomic E-state index is 0.733. The Morgan fingerprint density at radius 1 is 1.17 bits per heavy atom. The van der Waals surface area contributed by atoms with Crippen LogP contribution in [0.25, 0.3) is 0 Å². The lowest BCUT2D eigenvalue weighted by Gasteiger charge is -2.14. The van der Waals surface area contributed by atoms with E-state index in [2.05, 4.69) is 26.0 Å². The van der Waals surface area contributed by atoms with E-state index in [4.69, 9.17) is 10.5 Å². The summed E-state index contributed by atoms with van der Waals surface area (Å²) in [7, 11) is 0. The fraction of sp³-hybridized carbons (Fsp3) is 0.625. The van der Waals surface area contributed by atoms with Crippen LogP contribution in [0.1, 0.15) is 45.1 Å². The molecule has 0 aliphatic rings. The number of nitrogen functional groups attached to an aromatic ring is 1. The third kappa shape index (κ3) is 6.06. The first-order valence-electron chi connectivity index (χ1n) is 7.18. The van der Waals surface area contributed by atoms with Crippen LogP contribution in [0.5, 0.6) is 0 Å². The zero-order valence-corrected chi connectivity index (χ0v) is 11.8. The van der Waals surface area contributed by atoms with Crippen molar-refractivity contribution in [3.63, 3.8) is 0 Å². The number of unbranched alkanes of at least 4 members (excludes halogenated alkanes) is 1. The molecule has 2 heteroatoms. The van der Waals surface area contributed by atoms with E-state index in [0.29, 0.717) is 0 Å². The summed E-state index contributed by atoms with van der Waals surface area (Å²) in [5.41, 5.74) is 7.78. The predicted octanol–water partition coefficient (Wildman–Crippen LogP) is 4.04. The van der Waals surface area contributed by atoms with Gasteiger partial charge in [-0.05, 0) is 36.5 Å². The molecule has 0 fully saturated rings. The molecule has 1 unspecified atom stereocenters. The Labute approximate surface area is 112 Å². The maximum atomic E-state index is 5.79. The molecule has 0 aliphatic heterocycles. The van der Waals surface area contributed by atoms with E-state index < -0.39 is 0 Å². The first-order chi connectivity index (χ1) is 8.76. The number of hydrogen-bond acceptors (Lipinski definition) is 2. The third-order valence-corrected chi connectivity index (χ3v) is 3.41. The van der Waals surface area contributed by atoms with E-state index >= 15 is 0 Å². The van der Waals surface area contributed by atoms with Gasteiger partial charge in [0.1, 0.15) is 0 Å². The van der Waals surface area contributed by atoms with Gasteiger partial charge < -0.3 is 10.5 Å². The van der Waals surface area contributed by atoms with Crippen molar-refractivity contribution in [2.75, 3.05) is 18.9 Å². The molecular weight excluding hydrogens is 222 g/mol. The predicted molar refractivity (Wildman–Crippen MR) is 78.7 cm³/mol. The van der Waals surface area contributed by atoms with Crippen LogP contribution in [0.3, 0.4) is 0 Å². The topological polar surface area (TPSA) is 35.2 Å². The van der Waals surface area contributed by atoms with Gasteiger partial charge in [0.05, 0.1) is 6.61 Å². The number of nitrogens with two attached hydrogens (primary N) is 1. The molecule has 0 saturated heterocycles. The molecule has 0 heterocycles. The van der Waals surface area contributed by atoms with Gasteiger partial charge in [-0.15, -0.1) is 0 Å². The van der Waals surface area contributed by atoms with Crippen LogP contribution < -0.4 is 5.73 Å². The lowest BCUT2D eigenvalue weighted by atomic mass is 10.0. The van der Waals surface area contributed by atoms with E-state index in [1.807, 2.05) is 12.1 Å². The third-order valence-electron chi connectivity index (χ3n) is 3.41. The summed E-state index contributed by atoms with van der Waals surface area (Å²) in [6, 6.07) is 8.05. The number of anilines is 1. The summed E-state index contributed by atoms with van der Waals surface area (Å²) in [6.07, 6.45) is 6.10. The van der Waals surface area contributed by atoms with Crippen molar-refractivity contribution in [3.05, 3.63) is 29.8 Å². The standard InChI is InChI=1S/C16H27NO/c1-3-5-6-14(4-2)13-18-12-11-15-7-9-16(17)10-8-15/h7-10,14H,3-6,11-13,17H2,1-2H3. The molecule has 1 aromatic rings. The van der Waals surface area contributed by atoms with Crippen molar-refractivity contribution < 1.29 is 4.74 Å². The number of hydrogen-bond donors (Lipinski definition) is 1. The molecule has 1 atom stereocenters. The average molecular weight is 249 g/mol. The van der Waals surface area contributed by atoms with E-state index in [0.717, 1.165) is 31.2 Å². The van der Waals surface area contributed by atoms with E-state index in [-0.39, 0.29) is 0 Å². The first kappa shape index (κ1) is 15.0. The molecular formula is C16H27NO. The quantitative estimate of drug-likeness (QED) is 0.529. The van der Waals surface area contributed by atoms with Crippen molar-refractivity contribution in [1.29, 1.82) is 0 Å². The Bertz CT molecular complexity index is 307. The van der Waals surface area contributed by atoms with Gasteiger partial charge in [-0.3, -0.25) is 0 Å². The average Bonchev–Trinajstić information content (AvgIpc) is 2.40. The highest BCUT2D eigenvalue weighted by Gasteiger charge is 2.05. The van der Waals surface area contributed by atoms with Crippen LogP contribution in [0.15, 0.2) is 24.3 Å². The van der Waals surface area contributed by atoms with Crippen LogP contribution in [0.2, 0.25) is 0 Å². The minimum atomic E-state index is 0.733. The highest BCUT2D eigenvalue weighted by molar-refractivity contribution is 5.39. The van der Waals surface area contributed by atoms with Crippen molar-refractivity contribution in [1.82, 2.24) is 0 Å². The fourth-order valence-corrected chi connectivity index (χ4v) is 2.02. The molecule has 0 amide bonds. The molecule has 18 heavy (non-hydrogen) atoms. The highest BCUT2D eigenvalue weighted by atomic mass is 16.5. The lowest BCUT2D eigenvalue weighted by Crippen LogP contribution is -2.10. The normalized spacial score (nSPS) is 12.6. The van der Waals surface area contributed by atoms with Gasteiger partial charge in [-0.1, -0.05) is 45.2 Å². The zero-order valence-electron chi connectivity index (χ0n) is 11.8. The van der Waals surface area contributed by atoms with Crippen LogP contribution >= 0.6 is 0 Å². The lowest BCUT2D eigenvalue weighted by molar-refractivity contribution is 0.0963. The summed E-state index contributed by atoms with van der Waals surface area (Å²) >= 11 is 0. The first-order valence-corrected chi connectivity index (χ1v) is 7.18. The fourth-order valence-electron chi connectivity index (χ4n) is 2.02. The van der Waals surface area contributed by atoms with Gasteiger partial charge in [0, 0.05) is 12.3 Å². The Morgan fingerprint density at radius 3 is 2.50 bits per heavy atom. The Balaban J connectivity index is 2.15. The summed E-state index contributed by atoms with van der Waals surface area (Å²) in [5.74, 6) is 0.733. The van der Waals surface area contributed by atoms with E-state index in [1.54, 1.807) is 0 Å². The minimum Gasteiger partial charge on any atom is -0.399 e. The second kappa shape index (κ2) is 8.98. The second-order valence-corrected chi connectivity index (χ2v) is 4.98. The Morgan fingerprint density at radius 2 is 1.89 bits per heavy atom. The number of ether oxygens (including phenoxy) is 1. The smallest absolute Gasteiger partial charge is 0.0506 e. The zero-order chi connectivity index (χ0) is 13.2. The van der Waals surface area contributed by atoms with Gasteiger partial charge >= 0.3 is 0 Å². The van der Waals surface area contributed by atoms with Gasteiger partial charge in [-0.2, -0.15) is 0 Å². The molecule has 1 rings (SSSR count). The molecule has 0 bridgehead atoms. The molecule has 0 aromatic heterocycles. The molecule has 0 radical (unpaired) electrons. The van der Waals surface area contributed by atoms with E-state index in [9.17, 15) is 0 Å². The van der Waals surface area contributed by atoms with Crippen molar-refractivity contribution in [2.45, 2.75) is 46.0 Å². The molecule has 1 aromatic carbocycles. The molecule has 0 aliphatic carbocycles. The Kier molecular flexibility index (Phi) is 7.51. The summed E-state index contributed by atoms with van der Waals surface area (Å²) in [6.45, 7) is 6.22. The molecule has 102 valence electrons. The summed E-state index contributed by atoms with van der Waals surface area (Å²) in [4.78, 5) is 0. The summed E-state index contributed by atoms with van der Waals surface area (Å²) < 4.78 is 5.79. The van der Waals surface area contributed by atoms with Gasteiger partial charge in [0.15, 0.2) is 0 Å². The molecule has 0 spiro atoms. The van der Waals surface area contributed by atoms with Gasteiger partial charge in [0.2, 0.25) is 0 Å².